The van der Waals surface area contributed by atoms with Crippen molar-refractivity contribution in [2.24, 2.45) is 10.7 Å². The number of hydrogen-bond donors (Lipinski definition) is 1. The average molecular weight is 436 g/mol. The Kier molecular flexibility index (Phi) is 9.50. The molecule has 0 amide bonds. The van der Waals surface area contributed by atoms with Crippen molar-refractivity contribution in [1.82, 2.24) is 24.3 Å². The van der Waals surface area contributed by atoms with Gasteiger partial charge >= 0.3 is 0 Å². The fourth-order valence-electron chi connectivity index (χ4n) is 3.78. The van der Waals surface area contributed by atoms with Gasteiger partial charge in [-0.05, 0) is 63.6 Å². The van der Waals surface area contributed by atoms with E-state index in [1.165, 1.54) is 31.4 Å². The van der Waals surface area contributed by atoms with E-state index in [0.29, 0.717) is 5.84 Å². The molecule has 0 atom stereocenters. The van der Waals surface area contributed by atoms with Gasteiger partial charge in [-0.15, -0.1) is 0 Å². The molecule has 0 radical (unpaired) electrons. The smallest absolute Gasteiger partial charge is 0.149 e. The second-order valence-electron chi connectivity index (χ2n) is 8.47. The predicted molar refractivity (Wildman–Crippen MR) is 131 cm³/mol. The minimum atomic E-state index is 0.477. The van der Waals surface area contributed by atoms with Gasteiger partial charge in [0.1, 0.15) is 11.5 Å². The van der Waals surface area contributed by atoms with Gasteiger partial charge in [0.15, 0.2) is 0 Å². The molecule has 2 aromatic heterocycles. The number of unbranched alkanes of at least 4 members (excludes halogenated alkanes) is 3. The summed E-state index contributed by atoms with van der Waals surface area (Å²) >= 11 is 0. The molecule has 3 rings (SSSR count). The molecule has 0 aliphatic heterocycles. The van der Waals surface area contributed by atoms with Gasteiger partial charge < -0.3 is 20.1 Å². The Balaban J connectivity index is 1.32. The largest absolute Gasteiger partial charge is 0.382 e. The molecule has 0 aromatic carbocycles. The minimum absolute atomic E-state index is 0.477. The summed E-state index contributed by atoms with van der Waals surface area (Å²) in [6.45, 7) is 4.34. The number of aryl methyl sites for hydroxylation is 1. The summed E-state index contributed by atoms with van der Waals surface area (Å²) in [5.41, 5.74) is 9.18. The summed E-state index contributed by atoms with van der Waals surface area (Å²) in [7, 11) is 4.40. The Bertz CT molecular complexity index is 884. The molecule has 2 heterocycles. The fourth-order valence-corrected chi connectivity index (χ4v) is 3.78. The van der Waals surface area contributed by atoms with Crippen molar-refractivity contribution in [2.45, 2.75) is 45.1 Å². The number of likely N-dealkylation sites (N-methyl/N-ethyl adjacent to an activating group) is 2. The first-order chi connectivity index (χ1) is 15.6. The molecular formula is C25H37N7. The van der Waals surface area contributed by atoms with Crippen molar-refractivity contribution in [3.05, 3.63) is 72.4 Å². The molecule has 1 aliphatic carbocycles. The van der Waals surface area contributed by atoms with Crippen LogP contribution in [0.2, 0.25) is 0 Å². The average Bonchev–Trinajstić information content (AvgIpc) is 3.34. The standard InChI is InChI=1S/C25H37N7/c1-30(16-7-3-4-8-17-32-18-15-27-21-32)19-20-31(2)23-12-10-22(11-13-23)29-25(26)24-9-5-6-14-28-24/h5-6,9-10,12,14-15,18,21H,3-4,7-8,11,13,16-17,19-20H2,1-2H3,(H2,26,29). The van der Waals surface area contributed by atoms with Crippen LogP contribution < -0.4 is 5.73 Å². The van der Waals surface area contributed by atoms with E-state index in [0.717, 1.165) is 50.4 Å². The molecular weight excluding hydrogens is 398 g/mol. The van der Waals surface area contributed by atoms with Crippen molar-refractivity contribution in [3.8, 4) is 0 Å². The topological polar surface area (TPSA) is 75.6 Å². The van der Waals surface area contributed by atoms with E-state index < -0.39 is 0 Å². The summed E-state index contributed by atoms with van der Waals surface area (Å²) in [5, 5.41) is 0. The Morgan fingerprint density at radius 2 is 1.91 bits per heavy atom. The summed E-state index contributed by atoms with van der Waals surface area (Å²) in [6, 6.07) is 5.69. The Morgan fingerprint density at radius 1 is 1.03 bits per heavy atom. The zero-order valence-corrected chi connectivity index (χ0v) is 19.5. The number of aliphatic imine (C=N–C) groups is 1. The molecule has 0 unspecified atom stereocenters. The quantitative estimate of drug-likeness (QED) is 0.295. The van der Waals surface area contributed by atoms with E-state index in [9.17, 15) is 0 Å². The lowest BCUT2D eigenvalue weighted by molar-refractivity contribution is 0.276. The van der Waals surface area contributed by atoms with Crippen LogP contribution in [0, 0.1) is 0 Å². The highest BCUT2D eigenvalue weighted by Gasteiger charge is 2.11. The molecule has 0 saturated heterocycles. The summed E-state index contributed by atoms with van der Waals surface area (Å²) in [5.74, 6) is 0.477. The maximum absolute atomic E-state index is 6.10. The molecule has 0 saturated carbocycles. The maximum Gasteiger partial charge on any atom is 0.149 e. The van der Waals surface area contributed by atoms with E-state index in [1.807, 2.05) is 36.9 Å². The van der Waals surface area contributed by atoms with Gasteiger partial charge in [0.05, 0.1) is 6.33 Å². The van der Waals surface area contributed by atoms with Crippen LogP contribution in [0.25, 0.3) is 0 Å². The van der Waals surface area contributed by atoms with Crippen LogP contribution in [-0.4, -0.2) is 63.9 Å². The predicted octanol–water partition coefficient (Wildman–Crippen LogP) is 3.67. The van der Waals surface area contributed by atoms with Crippen molar-refractivity contribution in [3.63, 3.8) is 0 Å². The third-order valence-electron chi connectivity index (χ3n) is 5.87. The molecule has 1 aliphatic rings. The van der Waals surface area contributed by atoms with Gasteiger partial charge in [-0.1, -0.05) is 18.9 Å². The first-order valence-corrected chi connectivity index (χ1v) is 11.6. The number of amidine groups is 1. The van der Waals surface area contributed by atoms with Crippen LogP contribution in [-0.2, 0) is 6.54 Å². The third-order valence-corrected chi connectivity index (χ3v) is 5.87. The van der Waals surface area contributed by atoms with Crippen LogP contribution in [0.3, 0.4) is 0 Å². The number of aromatic nitrogens is 3. The van der Waals surface area contributed by atoms with E-state index in [1.54, 1.807) is 6.20 Å². The highest BCUT2D eigenvalue weighted by atomic mass is 15.2. The van der Waals surface area contributed by atoms with Crippen molar-refractivity contribution in [2.75, 3.05) is 33.7 Å². The summed E-state index contributed by atoms with van der Waals surface area (Å²) in [4.78, 5) is 17.7. The van der Waals surface area contributed by atoms with Gasteiger partial charge in [-0.3, -0.25) is 4.98 Å². The van der Waals surface area contributed by atoms with Crippen LogP contribution in [0.1, 0.15) is 44.2 Å². The zero-order valence-electron chi connectivity index (χ0n) is 19.5. The number of pyridine rings is 1. The number of allylic oxidation sites excluding steroid dienone is 4. The molecule has 32 heavy (non-hydrogen) atoms. The number of nitrogens with two attached hydrogens (primary N) is 1. The van der Waals surface area contributed by atoms with Crippen molar-refractivity contribution >= 4 is 5.84 Å². The van der Waals surface area contributed by atoms with Crippen LogP contribution >= 0.6 is 0 Å². The number of rotatable bonds is 13. The maximum atomic E-state index is 6.10. The van der Waals surface area contributed by atoms with Gasteiger partial charge in [0.25, 0.3) is 0 Å². The lowest BCUT2D eigenvalue weighted by atomic mass is 10.1. The number of imidazole rings is 1. The molecule has 172 valence electrons. The van der Waals surface area contributed by atoms with E-state index in [-0.39, 0.29) is 0 Å². The van der Waals surface area contributed by atoms with Gasteiger partial charge in [0, 0.05) is 56.7 Å². The van der Waals surface area contributed by atoms with E-state index in [4.69, 9.17) is 5.73 Å². The molecule has 2 N–H and O–H groups in total. The molecule has 2 aromatic rings. The lowest BCUT2D eigenvalue weighted by Gasteiger charge is -2.27. The number of hydrogen-bond acceptors (Lipinski definition) is 5. The van der Waals surface area contributed by atoms with Gasteiger partial charge in [-0.25, -0.2) is 9.98 Å². The highest BCUT2D eigenvalue weighted by Crippen LogP contribution is 2.21. The Hall–Kier alpha value is -2.93. The van der Waals surface area contributed by atoms with E-state index in [2.05, 4.69) is 55.6 Å². The monoisotopic (exact) mass is 435 g/mol. The SMILES string of the molecule is CN(CCCCCCn1ccnc1)CCN(C)C1=CC=C(N=C(N)c2ccccn2)CC1. The fraction of sp³-hybridized carbons (Fsp3) is 0.480. The molecule has 0 fully saturated rings. The molecule has 7 heteroatoms. The summed E-state index contributed by atoms with van der Waals surface area (Å²) in [6.07, 6.45) is 18.7. The minimum Gasteiger partial charge on any atom is -0.382 e. The van der Waals surface area contributed by atoms with Crippen LogP contribution in [0.4, 0.5) is 0 Å². The lowest BCUT2D eigenvalue weighted by Crippen LogP contribution is -2.31. The highest BCUT2D eigenvalue weighted by molar-refractivity contribution is 5.96. The second-order valence-corrected chi connectivity index (χ2v) is 8.47. The zero-order chi connectivity index (χ0) is 22.6. The first kappa shape index (κ1) is 23.7. The summed E-state index contributed by atoms with van der Waals surface area (Å²) < 4.78 is 2.15. The molecule has 0 spiro atoms. The van der Waals surface area contributed by atoms with Crippen LogP contribution in [0.5, 0.6) is 0 Å². The molecule has 7 nitrogen and oxygen atoms in total. The van der Waals surface area contributed by atoms with Gasteiger partial charge in [0.2, 0.25) is 0 Å². The first-order valence-electron chi connectivity index (χ1n) is 11.6. The van der Waals surface area contributed by atoms with Gasteiger partial charge in [-0.2, -0.15) is 0 Å². The second kappa shape index (κ2) is 12.8. The third kappa shape index (κ3) is 7.96. The van der Waals surface area contributed by atoms with Crippen molar-refractivity contribution in [1.29, 1.82) is 0 Å². The normalized spacial score (nSPS) is 14.4. The Labute approximate surface area is 192 Å². The number of nitrogens with zero attached hydrogens (tertiary/aromatic N) is 6. The Morgan fingerprint density at radius 3 is 2.62 bits per heavy atom. The van der Waals surface area contributed by atoms with E-state index >= 15 is 0 Å². The molecule has 0 bridgehead atoms. The van der Waals surface area contributed by atoms with Crippen LogP contribution in [0.15, 0.2) is 71.7 Å². The van der Waals surface area contributed by atoms with Crippen molar-refractivity contribution < 1.29 is 0 Å².